The molecule has 1 atom stereocenters. The van der Waals surface area contributed by atoms with E-state index in [1.165, 1.54) is 102 Å². The van der Waals surface area contributed by atoms with Gasteiger partial charge in [0.2, 0.25) is 0 Å². The largest absolute Gasteiger partial charge is 0.479 e. The van der Waals surface area contributed by atoms with Gasteiger partial charge in [0, 0.05) is 5.92 Å². The molecule has 0 bridgehead atoms. The molecule has 0 saturated heterocycles. The van der Waals surface area contributed by atoms with Crippen molar-refractivity contribution in [2.45, 2.75) is 110 Å². The first-order chi connectivity index (χ1) is 11.4. The highest BCUT2D eigenvalue weighted by molar-refractivity contribution is 5.03. The van der Waals surface area contributed by atoms with Gasteiger partial charge < -0.3 is 10.1 Å². The average molecular weight is 324 g/mol. The molecule has 136 valence electrons. The van der Waals surface area contributed by atoms with Crippen LogP contribution in [0.4, 0.5) is 0 Å². The number of nitrogens with one attached hydrogen (secondary N) is 1. The zero-order chi connectivity index (χ0) is 16.6. The lowest BCUT2D eigenvalue weighted by atomic mass is 9.95. The summed E-state index contributed by atoms with van der Waals surface area (Å²) in [6, 6.07) is 0. The van der Waals surface area contributed by atoms with Crippen LogP contribution in [0.25, 0.3) is 0 Å². The SMILES string of the molecule is CCCCCCCCCCCCCCCC(CC)C1=COCN1. The molecule has 0 saturated carbocycles. The van der Waals surface area contributed by atoms with Crippen molar-refractivity contribution in [3.63, 3.8) is 0 Å². The fraction of sp³-hybridized carbons (Fsp3) is 0.905. The third kappa shape index (κ3) is 10.7. The predicted molar refractivity (Wildman–Crippen MR) is 101 cm³/mol. The van der Waals surface area contributed by atoms with E-state index in [0.717, 1.165) is 0 Å². The lowest BCUT2D eigenvalue weighted by molar-refractivity contribution is 0.266. The molecule has 0 aromatic heterocycles. The van der Waals surface area contributed by atoms with E-state index in [4.69, 9.17) is 4.74 Å². The number of unbranched alkanes of at least 4 members (excludes halogenated alkanes) is 12. The van der Waals surface area contributed by atoms with E-state index in [2.05, 4.69) is 19.2 Å². The molecule has 1 unspecified atom stereocenters. The molecule has 0 aromatic carbocycles. The Morgan fingerprint density at radius 1 is 0.826 bits per heavy atom. The Kier molecular flexibility index (Phi) is 13.2. The Balaban J connectivity index is 1.81. The van der Waals surface area contributed by atoms with E-state index >= 15 is 0 Å². The van der Waals surface area contributed by atoms with Crippen LogP contribution in [0.5, 0.6) is 0 Å². The van der Waals surface area contributed by atoms with Gasteiger partial charge in [0.05, 0.1) is 5.70 Å². The van der Waals surface area contributed by atoms with Crippen LogP contribution in [0.15, 0.2) is 12.0 Å². The van der Waals surface area contributed by atoms with E-state index in [1.807, 2.05) is 6.26 Å². The Hall–Kier alpha value is -0.660. The molecule has 0 amide bonds. The van der Waals surface area contributed by atoms with E-state index in [-0.39, 0.29) is 0 Å². The summed E-state index contributed by atoms with van der Waals surface area (Å²) in [6.45, 7) is 5.25. The Morgan fingerprint density at radius 2 is 1.35 bits per heavy atom. The molecule has 0 spiro atoms. The molecule has 0 aromatic rings. The molecule has 1 N–H and O–H groups in total. The summed E-state index contributed by atoms with van der Waals surface area (Å²) >= 11 is 0. The second-order valence-corrected chi connectivity index (χ2v) is 7.20. The van der Waals surface area contributed by atoms with Gasteiger partial charge in [-0.05, 0) is 12.8 Å². The van der Waals surface area contributed by atoms with Crippen molar-refractivity contribution in [3.05, 3.63) is 12.0 Å². The summed E-state index contributed by atoms with van der Waals surface area (Å²) in [4.78, 5) is 0. The maximum absolute atomic E-state index is 5.29. The van der Waals surface area contributed by atoms with Gasteiger partial charge in [-0.1, -0.05) is 97.3 Å². The standard InChI is InChI=1S/C21H41NO/c1-3-5-6-7-8-9-10-11-12-13-14-15-16-17-20(4-2)21-18-23-19-22-21/h18,20,22H,3-17,19H2,1-2H3. The summed E-state index contributed by atoms with van der Waals surface area (Å²) in [7, 11) is 0. The Bertz CT molecular complexity index is 288. The summed E-state index contributed by atoms with van der Waals surface area (Å²) in [5.41, 5.74) is 1.33. The van der Waals surface area contributed by atoms with Gasteiger partial charge in [-0.2, -0.15) is 0 Å². The van der Waals surface area contributed by atoms with Gasteiger partial charge in [0.1, 0.15) is 6.26 Å². The second-order valence-electron chi connectivity index (χ2n) is 7.20. The topological polar surface area (TPSA) is 21.3 Å². The van der Waals surface area contributed by atoms with Crippen molar-refractivity contribution in [2.24, 2.45) is 5.92 Å². The van der Waals surface area contributed by atoms with Crippen LogP contribution in [-0.4, -0.2) is 6.73 Å². The average Bonchev–Trinajstić information content (AvgIpc) is 3.09. The first-order valence-corrected chi connectivity index (χ1v) is 10.4. The molecule has 1 rings (SSSR count). The summed E-state index contributed by atoms with van der Waals surface area (Å²) in [5.74, 6) is 0.685. The summed E-state index contributed by atoms with van der Waals surface area (Å²) in [5, 5.41) is 3.34. The predicted octanol–water partition coefficient (Wildman–Crippen LogP) is 6.91. The van der Waals surface area contributed by atoms with Gasteiger partial charge in [0.15, 0.2) is 6.73 Å². The van der Waals surface area contributed by atoms with Crippen molar-refractivity contribution >= 4 is 0 Å². The highest BCUT2D eigenvalue weighted by atomic mass is 16.5. The van der Waals surface area contributed by atoms with Gasteiger partial charge >= 0.3 is 0 Å². The highest BCUT2D eigenvalue weighted by Gasteiger charge is 2.15. The van der Waals surface area contributed by atoms with Crippen molar-refractivity contribution < 1.29 is 4.74 Å². The molecule has 2 heteroatoms. The first-order valence-electron chi connectivity index (χ1n) is 10.4. The third-order valence-corrected chi connectivity index (χ3v) is 5.16. The number of rotatable bonds is 16. The van der Waals surface area contributed by atoms with Crippen LogP contribution in [-0.2, 0) is 4.74 Å². The van der Waals surface area contributed by atoms with Crippen LogP contribution in [0, 0.1) is 5.92 Å². The summed E-state index contributed by atoms with van der Waals surface area (Å²) in [6.07, 6.45) is 23.1. The molecule has 23 heavy (non-hydrogen) atoms. The molecule has 2 nitrogen and oxygen atoms in total. The first kappa shape index (κ1) is 20.4. The Labute approximate surface area is 145 Å². The minimum absolute atomic E-state index is 0.671. The second kappa shape index (κ2) is 14.9. The third-order valence-electron chi connectivity index (χ3n) is 5.16. The van der Waals surface area contributed by atoms with Gasteiger partial charge in [-0.3, -0.25) is 0 Å². The van der Waals surface area contributed by atoms with E-state index in [1.54, 1.807) is 0 Å². The minimum atomic E-state index is 0.671. The van der Waals surface area contributed by atoms with Crippen molar-refractivity contribution in [3.8, 4) is 0 Å². The molecule has 1 heterocycles. The summed E-state index contributed by atoms with van der Waals surface area (Å²) < 4.78 is 5.29. The van der Waals surface area contributed by atoms with Crippen LogP contribution in [0.3, 0.4) is 0 Å². The normalized spacial score (nSPS) is 15.1. The molecule has 0 radical (unpaired) electrons. The quantitative estimate of drug-likeness (QED) is 0.311. The van der Waals surface area contributed by atoms with E-state index in [9.17, 15) is 0 Å². The maximum Gasteiger partial charge on any atom is 0.158 e. The zero-order valence-electron chi connectivity index (χ0n) is 15.9. The number of hydrogen-bond acceptors (Lipinski definition) is 2. The molecule has 0 aliphatic carbocycles. The number of ether oxygens (including phenoxy) is 1. The lowest BCUT2D eigenvalue weighted by Crippen LogP contribution is -2.16. The lowest BCUT2D eigenvalue weighted by Gasteiger charge is -2.15. The van der Waals surface area contributed by atoms with Gasteiger partial charge in [0.25, 0.3) is 0 Å². The van der Waals surface area contributed by atoms with Crippen molar-refractivity contribution in [1.82, 2.24) is 5.32 Å². The van der Waals surface area contributed by atoms with Crippen LogP contribution in [0.1, 0.15) is 110 Å². The zero-order valence-corrected chi connectivity index (χ0v) is 15.9. The minimum Gasteiger partial charge on any atom is -0.479 e. The fourth-order valence-corrected chi connectivity index (χ4v) is 3.53. The molecule has 1 aliphatic rings. The monoisotopic (exact) mass is 323 g/mol. The van der Waals surface area contributed by atoms with E-state index in [0.29, 0.717) is 12.6 Å². The smallest absolute Gasteiger partial charge is 0.158 e. The van der Waals surface area contributed by atoms with Gasteiger partial charge in [-0.15, -0.1) is 0 Å². The van der Waals surface area contributed by atoms with Crippen LogP contribution in [0.2, 0.25) is 0 Å². The highest BCUT2D eigenvalue weighted by Crippen LogP contribution is 2.23. The van der Waals surface area contributed by atoms with Crippen molar-refractivity contribution in [2.75, 3.05) is 6.73 Å². The molecule has 1 aliphatic heterocycles. The van der Waals surface area contributed by atoms with Crippen LogP contribution < -0.4 is 5.32 Å². The van der Waals surface area contributed by atoms with Crippen LogP contribution >= 0.6 is 0 Å². The maximum atomic E-state index is 5.29. The molecule has 0 fully saturated rings. The van der Waals surface area contributed by atoms with E-state index < -0.39 is 0 Å². The van der Waals surface area contributed by atoms with Gasteiger partial charge in [-0.25, -0.2) is 0 Å². The molecular weight excluding hydrogens is 282 g/mol. The molecular formula is C21H41NO. The number of hydrogen-bond donors (Lipinski definition) is 1. The Morgan fingerprint density at radius 3 is 1.78 bits per heavy atom. The number of allylic oxidation sites excluding steroid dienone is 1. The fourth-order valence-electron chi connectivity index (χ4n) is 3.53. The van der Waals surface area contributed by atoms with Crippen molar-refractivity contribution in [1.29, 1.82) is 0 Å².